The van der Waals surface area contributed by atoms with Crippen molar-refractivity contribution in [3.05, 3.63) is 12.4 Å². The van der Waals surface area contributed by atoms with Crippen LogP contribution in [0.5, 0.6) is 0 Å². The van der Waals surface area contributed by atoms with Crippen molar-refractivity contribution >= 4 is 17.7 Å². The number of rotatable bonds is 5. The average Bonchev–Trinajstić information content (AvgIpc) is 2.60. The predicted molar refractivity (Wildman–Crippen MR) is 55.5 cm³/mol. The number of hydrogen-bond donors (Lipinski definition) is 1. The quantitative estimate of drug-likeness (QED) is 0.760. The van der Waals surface area contributed by atoms with Crippen LogP contribution in [0.15, 0.2) is 17.6 Å². The maximum atomic E-state index is 10.8. The van der Waals surface area contributed by atoms with Gasteiger partial charge in [0, 0.05) is 18.9 Å². The Balaban J connectivity index is 2.71. The molecule has 1 aromatic heterocycles. The van der Waals surface area contributed by atoms with Crippen LogP contribution < -0.4 is 0 Å². The normalized spacial score (nSPS) is 12.7. The first-order valence-electron chi connectivity index (χ1n) is 4.59. The number of carbonyl (C=O) groups is 1. The van der Waals surface area contributed by atoms with Crippen LogP contribution in [0.4, 0.5) is 0 Å². The number of carboxylic acids is 1. The van der Waals surface area contributed by atoms with Crippen molar-refractivity contribution in [2.24, 2.45) is 0 Å². The molecule has 1 atom stereocenters. The summed E-state index contributed by atoms with van der Waals surface area (Å²) in [6.45, 7) is 4.69. The van der Waals surface area contributed by atoms with Crippen LogP contribution in [0.2, 0.25) is 0 Å². The molecule has 0 fully saturated rings. The monoisotopic (exact) mass is 214 g/mol. The van der Waals surface area contributed by atoms with Gasteiger partial charge in [0.05, 0.1) is 0 Å². The summed E-state index contributed by atoms with van der Waals surface area (Å²) in [5.74, 6) is -0.775. The molecule has 0 aliphatic carbocycles. The van der Waals surface area contributed by atoms with E-state index >= 15 is 0 Å². The third-order valence-electron chi connectivity index (χ3n) is 1.91. The van der Waals surface area contributed by atoms with Crippen LogP contribution in [0.1, 0.15) is 20.3 Å². The molecule has 0 bridgehead atoms. The molecular weight excluding hydrogens is 200 g/mol. The van der Waals surface area contributed by atoms with Crippen molar-refractivity contribution in [3.8, 4) is 0 Å². The summed E-state index contributed by atoms with van der Waals surface area (Å²) < 4.78 is 1.94. The van der Waals surface area contributed by atoms with Crippen LogP contribution in [-0.2, 0) is 11.3 Å². The van der Waals surface area contributed by atoms with E-state index in [2.05, 4.69) is 4.98 Å². The first kappa shape index (κ1) is 11.1. The molecule has 5 heteroatoms. The fraction of sp³-hybridized carbons (Fsp3) is 0.556. The minimum Gasteiger partial charge on any atom is -0.480 e. The molecule has 0 aromatic carbocycles. The fourth-order valence-electron chi connectivity index (χ4n) is 1.09. The van der Waals surface area contributed by atoms with Crippen molar-refractivity contribution in [3.63, 3.8) is 0 Å². The highest BCUT2D eigenvalue weighted by Crippen LogP contribution is 2.23. The molecule has 1 N–H and O–H groups in total. The van der Waals surface area contributed by atoms with Gasteiger partial charge in [-0.15, -0.1) is 0 Å². The number of nitrogens with zero attached hydrogens (tertiary/aromatic N) is 2. The van der Waals surface area contributed by atoms with E-state index in [0.717, 1.165) is 11.7 Å². The van der Waals surface area contributed by atoms with Crippen molar-refractivity contribution in [1.29, 1.82) is 0 Å². The molecule has 1 aromatic rings. The summed E-state index contributed by atoms with van der Waals surface area (Å²) in [6.07, 6.45) is 4.16. The lowest BCUT2D eigenvalue weighted by atomic mass is 10.3. The average molecular weight is 214 g/mol. The van der Waals surface area contributed by atoms with Gasteiger partial charge in [0.1, 0.15) is 5.25 Å². The molecule has 1 unspecified atom stereocenters. The van der Waals surface area contributed by atoms with Gasteiger partial charge in [-0.1, -0.05) is 18.7 Å². The Morgan fingerprint density at radius 1 is 1.71 bits per heavy atom. The van der Waals surface area contributed by atoms with E-state index in [1.165, 1.54) is 11.8 Å². The van der Waals surface area contributed by atoms with Gasteiger partial charge >= 0.3 is 5.97 Å². The van der Waals surface area contributed by atoms with Gasteiger partial charge in [-0.3, -0.25) is 4.79 Å². The molecule has 0 aliphatic heterocycles. The summed E-state index contributed by atoms with van der Waals surface area (Å²) >= 11 is 1.31. The van der Waals surface area contributed by atoms with Gasteiger partial charge in [0.2, 0.25) is 0 Å². The first-order valence-corrected chi connectivity index (χ1v) is 5.47. The third-order valence-corrected chi connectivity index (χ3v) is 3.28. The Morgan fingerprint density at radius 3 is 2.93 bits per heavy atom. The third kappa shape index (κ3) is 2.51. The van der Waals surface area contributed by atoms with Gasteiger partial charge in [0.15, 0.2) is 5.16 Å². The minimum absolute atomic E-state index is 0.400. The zero-order valence-corrected chi connectivity index (χ0v) is 9.12. The van der Waals surface area contributed by atoms with Crippen molar-refractivity contribution < 1.29 is 9.90 Å². The largest absolute Gasteiger partial charge is 0.480 e. The van der Waals surface area contributed by atoms with E-state index in [0.29, 0.717) is 6.42 Å². The number of aryl methyl sites for hydroxylation is 1. The van der Waals surface area contributed by atoms with Gasteiger partial charge in [-0.2, -0.15) is 0 Å². The summed E-state index contributed by atoms with van der Waals surface area (Å²) in [4.78, 5) is 14.9. The topological polar surface area (TPSA) is 55.1 Å². The van der Waals surface area contributed by atoms with Crippen LogP contribution in [0.25, 0.3) is 0 Å². The zero-order valence-electron chi connectivity index (χ0n) is 8.30. The zero-order chi connectivity index (χ0) is 10.6. The Kier molecular flexibility index (Phi) is 4.00. The smallest absolute Gasteiger partial charge is 0.317 e. The van der Waals surface area contributed by atoms with Crippen LogP contribution in [-0.4, -0.2) is 25.9 Å². The Morgan fingerprint density at radius 2 is 2.43 bits per heavy atom. The van der Waals surface area contributed by atoms with E-state index in [4.69, 9.17) is 5.11 Å². The van der Waals surface area contributed by atoms with Gasteiger partial charge in [0.25, 0.3) is 0 Å². The second-order valence-electron chi connectivity index (χ2n) is 2.85. The number of thioether (sulfide) groups is 1. The van der Waals surface area contributed by atoms with Crippen LogP contribution in [0.3, 0.4) is 0 Å². The molecule has 14 heavy (non-hydrogen) atoms. The molecule has 1 rings (SSSR count). The number of carboxylic acid groups (broad SMARTS) is 1. The number of aliphatic carboxylic acids is 1. The molecule has 1 heterocycles. The molecular formula is C9H14N2O2S. The van der Waals surface area contributed by atoms with Crippen LogP contribution >= 0.6 is 11.8 Å². The molecule has 78 valence electrons. The number of hydrogen-bond acceptors (Lipinski definition) is 3. The van der Waals surface area contributed by atoms with E-state index < -0.39 is 11.2 Å². The molecule has 0 aliphatic rings. The van der Waals surface area contributed by atoms with E-state index in [9.17, 15) is 4.79 Å². The molecule has 0 amide bonds. The summed E-state index contributed by atoms with van der Waals surface area (Å²) in [7, 11) is 0. The maximum Gasteiger partial charge on any atom is 0.317 e. The Labute approximate surface area is 87.3 Å². The lowest BCUT2D eigenvalue weighted by Gasteiger charge is -2.09. The summed E-state index contributed by atoms with van der Waals surface area (Å²) in [5, 5.41) is 9.26. The SMILES string of the molecule is CCC(Sc1nccn1CC)C(=O)O. The number of aromatic nitrogens is 2. The predicted octanol–water partition coefficient (Wildman–Crippen LogP) is 1.86. The van der Waals surface area contributed by atoms with E-state index in [-0.39, 0.29) is 0 Å². The highest BCUT2D eigenvalue weighted by Gasteiger charge is 2.18. The molecule has 0 radical (unpaired) electrons. The molecule has 4 nitrogen and oxygen atoms in total. The molecule has 0 saturated heterocycles. The summed E-state index contributed by atoms with van der Waals surface area (Å²) in [6, 6.07) is 0. The molecule has 0 saturated carbocycles. The van der Waals surface area contributed by atoms with Crippen molar-refractivity contribution in [2.75, 3.05) is 0 Å². The number of imidazole rings is 1. The highest BCUT2D eigenvalue weighted by molar-refractivity contribution is 8.00. The minimum atomic E-state index is -0.775. The summed E-state index contributed by atoms with van der Waals surface area (Å²) in [5.41, 5.74) is 0. The van der Waals surface area contributed by atoms with E-state index in [1.54, 1.807) is 6.20 Å². The fourth-order valence-corrected chi connectivity index (χ4v) is 2.06. The van der Waals surface area contributed by atoms with Gasteiger partial charge < -0.3 is 9.67 Å². The molecule has 0 spiro atoms. The van der Waals surface area contributed by atoms with Crippen LogP contribution in [0, 0.1) is 0 Å². The second kappa shape index (κ2) is 5.05. The van der Waals surface area contributed by atoms with Crippen molar-refractivity contribution in [2.45, 2.75) is 37.2 Å². The highest BCUT2D eigenvalue weighted by atomic mass is 32.2. The van der Waals surface area contributed by atoms with Gasteiger partial charge in [-0.25, -0.2) is 4.98 Å². The van der Waals surface area contributed by atoms with Crippen molar-refractivity contribution in [1.82, 2.24) is 9.55 Å². The lowest BCUT2D eigenvalue weighted by molar-refractivity contribution is -0.136. The van der Waals surface area contributed by atoms with E-state index in [1.807, 2.05) is 24.6 Å². The van der Waals surface area contributed by atoms with Gasteiger partial charge in [-0.05, 0) is 13.3 Å². The maximum absolute atomic E-state index is 10.8. The Hall–Kier alpha value is -0.970. The first-order chi connectivity index (χ1) is 6.69. The second-order valence-corrected chi connectivity index (χ2v) is 4.02. The lowest BCUT2D eigenvalue weighted by Crippen LogP contribution is -2.15. The standard InChI is InChI=1S/C9H14N2O2S/c1-3-7(8(12)13)14-9-10-5-6-11(9)4-2/h5-7H,3-4H2,1-2H3,(H,12,13). The Bertz CT molecular complexity index is 312.